The molecule has 0 bridgehead atoms. The smallest absolute Gasteiger partial charge is 0.293 e. The SMILES string of the molecule is COc1ccc(CC(=O)NCCN2C(=O)S/C(=C\c3ccc4c(c3)OCO4)C2=O)cc1OC. The minimum atomic E-state index is -0.392. The van der Waals surface area contributed by atoms with Crippen molar-refractivity contribution in [3.8, 4) is 23.0 Å². The zero-order valence-corrected chi connectivity index (χ0v) is 18.9. The maximum atomic E-state index is 12.7. The van der Waals surface area contributed by atoms with Gasteiger partial charge >= 0.3 is 0 Å². The van der Waals surface area contributed by atoms with Gasteiger partial charge in [0.2, 0.25) is 12.7 Å². The van der Waals surface area contributed by atoms with Crippen LogP contribution in [0.2, 0.25) is 0 Å². The molecule has 1 saturated heterocycles. The normalized spacial score (nSPS) is 15.8. The molecular formula is C23H22N2O7S. The van der Waals surface area contributed by atoms with E-state index in [4.69, 9.17) is 18.9 Å². The highest BCUT2D eigenvalue weighted by Gasteiger charge is 2.34. The van der Waals surface area contributed by atoms with Gasteiger partial charge in [0, 0.05) is 13.1 Å². The monoisotopic (exact) mass is 470 g/mol. The molecule has 4 rings (SSSR count). The maximum Gasteiger partial charge on any atom is 0.293 e. The minimum Gasteiger partial charge on any atom is -0.493 e. The van der Waals surface area contributed by atoms with E-state index in [0.29, 0.717) is 27.9 Å². The summed E-state index contributed by atoms with van der Waals surface area (Å²) in [5.74, 6) is 1.73. The number of rotatable bonds is 8. The van der Waals surface area contributed by atoms with Crippen molar-refractivity contribution in [3.05, 3.63) is 52.4 Å². The quantitative estimate of drug-likeness (QED) is 0.588. The van der Waals surface area contributed by atoms with Crippen LogP contribution >= 0.6 is 11.8 Å². The molecule has 0 radical (unpaired) electrons. The van der Waals surface area contributed by atoms with Gasteiger partial charge < -0.3 is 24.3 Å². The van der Waals surface area contributed by atoms with Crippen molar-refractivity contribution in [2.75, 3.05) is 34.1 Å². The summed E-state index contributed by atoms with van der Waals surface area (Å²) in [5.41, 5.74) is 1.48. The molecule has 2 aliphatic rings. The Kier molecular flexibility index (Phi) is 6.74. The third kappa shape index (κ3) is 5.06. The second-order valence-electron chi connectivity index (χ2n) is 7.16. The van der Waals surface area contributed by atoms with Crippen LogP contribution in [0.25, 0.3) is 6.08 Å². The molecule has 2 aromatic carbocycles. The number of carbonyl (C=O) groups is 3. The second kappa shape index (κ2) is 9.86. The van der Waals surface area contributed by atoms with Gasteiger partial charge in [-0.05, 0) is 53.2 Å². The van der Waals surface area contributed by atoms with Crippen molar-refractivity contribution >= 4 is 34.9 Å². The summed E-state index contributed by atoms with van der Waals surface area (Å²) in [4.78, 5) is 38.7. The number of carbonyl (C=O) groups excluding carboxylic acids is 3. The zero-order chi connectivity index (χ0) is 23.4. The fraction of sp³-hybridized carbons (Fsp3) is 0.261. The van der Waals surface area contributed by atoms with E-state index in [1.165, 1.54) is 7.11 Å². The average molecular weight is 471 g/mol. The lowest BCUT2D eigenvalue weighted by Gasteiger charge is -2.13. The molecule has 0 atom stereocenters. The molecule has 2 aliphatic heterocycles. The van der Waals surface area contributed by atoms with Gasteiger partial charge in [-0.25, -0.2) is 0 Å². The molecule has 33 heavy (non-hydrogen) atoms. The summed E-state index contributed by atoms with van der Waals surface area (Å²) in [6.07, 6.45) is 1.77. The highest BCUT2D eigenvalue weighted by atomic mass is 32.2. The summed E-state index contributed by atoms with van der Waals surface area (Å²) < 4.78 is 21.1. The Morgan fingerprint density at radius 2 is 1.88 bits per heavy atom. The standard InChI is InChI=1S/C23H22N2O7S/c1-29-16-5-3-15(9-18(16)30-2)12-21(26)24-7-8-25-22(27)20(33-23(25)28)11-14-4-6-17-19(10-14)32-13-31-17/h3-6,9-11H,7-8,12-13H2,1-2H3,(H,24,26)/b20-11-. The highest BCUT2D eigenvalue weighted by Crippen LogP contribution is 2.36. The van der Waals surface area contributed by atoms with Gasteiger partial charge in [0.25, 0.3) is 11.1 Å². The Hall–Kier alpha value is -3.66. The molecule has 0 unspecified atom stereocenters. The molecule has 10 heteroatoms. The third-order valence-electron chi connectivity index (χ3n) is 5.04. The molecule has 172 valence electrons. The molecule has 0 spiro atoms. The minimum absolute atomic E-state index is 0.0841. The Labute approximate surface area is 194 Å². The number of fused-ring (bicyclic) bond motifs is 1. The molecule has 9 nitrogen and oxygen atoms in total. The number of hydrogen-bond donors (Lipinski definition) is 1. The number of nitrogens with one attached hydrogen (secondary N) is 1. The first-order valence-electron chi connectivity index (χ1n) is 10.1. The Morgan fingerprint density at radius 1 is 1.09 bits per heavy atom. The predicted octanol–water partition coefficient (Wildman–Crippen LogP) is 2.83. The first-order valence-corrected chi connectivity index (χ1v) is 10.9. The van der Waals surface area contributed by atoms with E-state index >= 15 is 0 Å². The van der Waals surface area contributed by atoms with Crippen LogP contribution in [0.5, 0.6) is 23.0 Å². The van der Waals surface area contributed by atoms with Crippen LogP contribution in [0.4, 0.5) is 4.79 Å². The van der Waals surface area contributed by atoms with Crippen LogP contribution in [-0.2, 0) is 16.0 Å². The lowest BCUT2D eigenvalue weighted by molar-refractivity contribution is -0.124. The zero-order valence-electron chi connectivity index (χ0n) is 18.1. The van der Waals surface area contributed by atoms with E-state index in [1.807, 2.05) is 0 Å². The molecule has 0 aliphatic carbocycles. The number of amides is 3. The third-order valence-corrected chi connectivity index (χ3v) is 5.95. The fourth-order valence-corrected chi connectivity index (χ4v) is 4.26. The van der Waals surface area contributed by atoms with E-state index in [9.17, 15) is 14.4 Å². The molecule has 0 aromatic heterocycles. The topological polar surface area (TPSA) is 103 Å². The number of ether oxygens (including phenoxy) is 4. The fourth-order valence-electron chi connectivity index (χ4n) is 3.39. The van der Waals surface area contributed by atoms with Crippen LogP contribution in [0.15, 0.2) is 41.3 Å². The summed E-state index contributed by atoms with van der Waals surface area (Å²) in [6, 6.07) is 10.5. The molecule has 1 N–H and O–H groups in total. The largest absolute Gasteiger partial charge is 0.493 e. The maximum absolute atomic E-state index is 12.7. The van der Waals surface area contributed by atoms with Crippen LogP contribution in [0, 0.1) is 0 Å². The van der Waals surface area contributed by atoms with Crippen molar-refractivity contribution in [3.63, 3.8) is 0 Å². The lowest BCUT2D eigenvalue weighted by atomic mass is 10.1. The Bertz CT molecular complexity index is 1130. The lowest BCUT2D eigenvalue weighted by Crippen LogP contribution is -2.37. The van der Waals surface area contributed by atoms with Gasteiger partial charge in [0.15, 0.2) is 23.0 Å². The number of hydrogen-bond acceptors (Lipinski definition) is 8. The van der Waals surface area contributed by atoms with Gasteiger partial charge in [-0.3, -0.25) is 19.3 Å². The van der Waals surface area contributed by atoms with Crippen molar-refractivity contribution < 1.29 is 33.3 Å². The van der Waals surface area contributed by atoms with Crippen molar-refractivity contribution in [2.24, 2.45) is 0 Å². The molecule has 2 aromatic rings. The molecule has 2 heterocycles. The number of benzene rings is 2. The number of methoxy groups -OCH3 is 2. The summed E-state index contributed by atoms with van der Waals surface area (Å²) in [7, 11) is 3.07. The van der Waals surface area contributed by atoms with Gasteiger partial charge in [-0.2, -0.15) is 0 Å². The van der Waals surface area contributed by atoms with E-state index in [1.54, 1.807) is 49.6 Å². The summed E-state index contributed by atoms with van der Waals surface area (Å²) >= 11 is 0.867. The number of nitrogens with zero attached hydrogens (tertiary/aromatic N) is 1. The van der Waals surface area contributed by atoms with Gasteiger partial charge in [-0.15, -0.1) is 0 Å². The average Bonchev–Trinajstić information content (AvgIpc) is 3.38. The van der Waals surface area contributed by atoms with E-state index in [-0.39, 0.29) is 37.4 Å². The first-order chi connectivity index (χ1) is 16.0. The van der Waals surface area contributed by atoms with Gasteiger partial charge in [-0.1, -0.05) is 12.1 Å². The predicted molar refractivity (Wildman–Crippen MR) is 122 cm³/mol. The molecular weight excluding hydrogens is 448 g/mol. The first kappa shape index (κ1) is 22.5. The highest BCUT2D eigenvalue weighted by molar-refractivity contribution is 8.18. The molecule has 1 fully saturated rings. The summed E-state index contributed by atoms with van der Waals surface area (Å²) in [5, 5.41) is 2.37. The van der Waals surface area contributed by atoms with E-state index in [2.05, 4.69) is 5.32 Å². The van der Waals surface area contributed by atoms with Crippen LogP contribution in [0.3, 0.4) is 0 Å². The van der Waals surface area contributed by atoms with Gasteiger partial charge in [0.05, 0.1) is 25.5 Å². The number of imide groups is 1. The molecule has 3 amide bonds. The number of thioether (sulfide) groups is 1. The van der Waals surface area contributed by atoms with Crippen LogP contribution < -0.4 is 24.3 Å². The van der Waals surface area contributed by atoms with Crippen molar-refractivity contribution in [1.82, 2.24) is 10.2 Å². The molecule has 0 saturated carbocycles. The Balaban J connectivity index is 1.31. The van der Waals surface area contributed by atoms with Crippen LogP contribution in [-0.4, -0.2) is 56.1 Å². The van der Waals surface area contributed by atoms with Gasteiger partial charge in [0.1, 0.15) is 0 Å². The van der Waals surface area contributed by atoms with Crippen LogP contribution in [0.1, 0.15) is 11.1 Å². The van der Waals surface area contributed by atoms with E-state index in [0.717, 1.165) is 27.8 Å². The second-order valence-corrected chi connectivity index (χ2v) is 8.16. The van der Waals surface area contributed by atoms with Crippen molar-refractivity contribution in [1.29, 1.82) is 0 Å². The summed E-state index contributed by atoms with van der Waals surface area (Å²) in [6.45, 7) is 0.398. The Morgan fingerprint density at radius 3 is 2.67 bits per heavy atom. The van der Waals surface area contributed by atoms with Crippen molar-refractivity contribution in [2.45, 2.75) is 6.42 Å². The van der Waals surface area contributed by atoms with E-state index < -0.39 is 5.91 Å².